The van der Waals surface area contributed by atoms with Gasteiger partial charge in [0.15, 0.2) is 0 Å². The molecule has 0 unspecified atom stereocenters. The lowest BCUT2D eigenvalue weighted by molar-refractivity contribution is 0.00819. The minimum Gasteiger partial charge on any atom is -0.444 e. The molecule has 1 aliphatic carbocycles. The summed E-state index contributed by atoms with van der Waals surface area (Å²) in [5, 5.41) is 0. The third-order valence-electron chi connectivity index (χ3n) is 6.63. The first-order valence-corrected chi connectivity index (χ1v) is 15.4. The summed E-state index contributed by atoms with van der Waals surface area (Å²) in [7, 11) is -4.62. The molecule has 12 heteroatoms. The van der Waals surface area contributed by atoms with Gasteiger partial charge in [0.1, 0.15) is 5.60 Å². The minimum absolute atomic E-state index is 0.0245. The normalized spacial score (nSPS) is 22.9. The summed E-state index contributed by atoms with van der Waals surface area (Å²) in [6.45, 7) is 7.91. The summed E-state index contributed by atoms with van der Waals surface area (Å²) >= 11 is 0. The molecule has 1 aliphatic heterocycles. The largest absolute Gasteiger partial charge is 0.444 e. The fourth-order valence-corrected chi connectivity index (χ4v) is 6.90. The molecular formula is C24H40N4O6S2. The van der Waals surface area contributed by atoms with Crippen LogP contribution in [0, 0.1) is 0 Å². The lowest BCUT2D eigenvalue weighted by Gasteiger charge is -2.42. The van der Waals surface area contributed by atoms with Crippen LogP contribution in [-0.4, -0.2) is 95.0 Å². The molecule has 0 radical (unpaired) electrons. The van der Waals surface area contributed by atoms with Gasteiger partial charge in [-0.3, -0.25) is 4.90 Å². The molecule has 1 aromatic carbocycles. The van der Waals surface area contributed by atoms with Gasteiger partial charge in [-0.2, -0.15) is 0 Å². The molecule has 2 fully saturated rings. The average Bonchev–Trinajstić information content (AvgIpc) is 3.03. The van der Waals surface area contributed by atoms with E-state index in [4.69, 9.17) is 4.74 Å². The molecular weight excluding hydrogens is 504 g/mol. The van der Waals surface area contributed by atoms with E-state index in [2.05, 4.69) is 9.62 Å². The number of rotatable bonds is 6. The number of nitrogens with zero attached hydrogens (tertiary/aromatic N) is 3. The van der Waals surface area contributed by atoms with Crippen molar-refractivity contribution in [3.63, 3.8) is 0 Å². The van der Waals surface area contributed by atoms with Gasteiger partial charge in [0.2, 0.25) is 20.0 Å². The Morgan fingerprint density at radius 3 is 2.03 bits per heavy atom. The number of benzene rings is 1. The third kappa shape index (κ3) is 7.18. The molecule has 1 saturated heterocycles. The van der Waals surface area contributed by atoms with Crippen LogP contribution < -0.4 is 4.72 Å². The smallest absolute Gasteiger partial charge is 0.410 e. The van der Waals surface area contributed by atoms with Gasteiger partial charge in [0, 0.05) is 52.4 Å². The molecule has 1 amide bonds. The Bertz CT molecular complexity index is 1110. The van der Waals surface area contributed by atoms with Crippen LogP contribution in [0.4, 0.5) is 4.79 Å². The van der Waals surface area contributed by atoms with Crippen molar-refractivity contribution in [3.05, 3.63) is 24.3 Å². The van der Waals surface area contributed by atoms with Crippen molar-refractivity contribution in [2.24, 2.45) is 0 Å². The predicted molar refractivity (Wildman–Crippen MR) is 138 cm³/mol. The Morgan fingerprint density at radius 1 is 0.917 bits per heavy atom. The highest BCUT2D eigenvalue weighted by molar-refractivity contribution is 7.89. The molecule has 0 aromatic heterocycles. The van der Waals surface area contributed by atoms with E-state index in [9.17, 15) is 21.6 Å². The van der Waals surface area contributed by atoms with Gasteiger partial charge in [-0.1, -0.05) is 19.3 Å². The highest BCUT2D eigenvalue weighted by Crippen LogP contribution is 2.26. The molecule has 2 atom stereocenters. The van der Waals surface area contributed by atoms with Crippen LogP contribution >= 0.6 is 0 Å². The van der Waals surface area contributed by atoms with Crippen LogP contribution in [0.1, 0.15) is 52.9 Å². The molecule has 1 saturated carbocycles. The minimum atomic E-state index is -3.84. The number of hydrogen-bond acceptors (Lipinski definition) is 7. The first kappa shape index (κ1) is 28.8. The van der Waals surface area contributed by atoms with E-state index >= 15 is 0 Å². The number of piperazine rings is 1. The van der Waals surface area contributed by atoms with Crippen molar-refractivity contribution in [2.45, 2.75) is 80.4 Å². The number of ether oxygens (including phenoxy) is 1. The van der Waals surface area contributed by atoms with E-state index in [1.165, 1.54) is 38.4 Å². The van der Waals surface area contributed by atoms with Crippen molar-refractivity contribution in [1.29, 1.82) is 0 Å². The van der Waals surface area contributed by atoms with Gasteiger partial charge in [-0.05, 0) is 57.9 Å². The predicted octanol–water partition coefficient (Wildman–Crippen LogP) is 2.47. The van der Waals surface area contributed by atoms with Crippen molar-refractivity contribution in [1.82, 2.24) is 18.8 Å². The van der Waals surface area contributed by atoms with E-state index in [1.807, 2.05) is 20.8 Å². The van der Waals surface area contributed by atoms with Gasteiger partial charge < -0.3 is 9.64 Å². The summed E-state index contributed by atoms with van der Waals surface area (Å²) in [4.78, 5) is 16.5. The number of hydrogen-bond donors (Lipinski definition) is 1. The second-order valence-corrected chi connectivity index (χ2v) is 14.6. The van der Waals surface area contributed by atoms with Gasteiger partial charge in [0.05, 0.1) is 9.79 Å². The number of sulfonamides is 2. The molecule has 204 valence electrons. The van der Waals surface area contributed by atoms with Crippen LogP contribution in [0.25, 0.3) is 0 Å². The summed E-state index contributed by atoms with van der Waals surface area (Å²) in [5.74, 6) is 0. The molecule has 0 spiro atoms. The number of carbonyl (C=O) groups excluding carboxylic acids is 1. The van der Waals surface area contributed by atoms with Gasteiger partial charge in [-0.25, -0.2) is 30.7 Å². The second kappa shape index (κ2) is 11.3. The number of carbonyl (C=O) groups is 1. The Labute approximate surface area is 216 Å². The fourth-order valence-electron chi connectivity index (χ4n) is 4.69. The lowest BCUT2D eigenvalue weighted by atomic mass is 10.0. The molecule has 1 heterocycles. The van der Waals surface area contributed by atoms with E-state index in [1.54, 1.807) is 4.90 Å². The van der Waals surface area contributed by atoms with E-state index in [0.717, 1.165) is 36.4 Å². The maximum absolute atomic E-state index is 13.3. The summed E-state index contributed by atoms with van der Waals surface area (Å²) in [6, 6.07) is 5.08. The van der Waals surface area contributed by atoms with Gasteiger partial charge in [-0.15, -0.1) is 0 Å². The zero-order chi connectivity index (χ0) is 26.7. The average molecular weight is 545 g/mol. The molecule has 10 nitrogen and oxygen atoms in total. The van der Waals surface area contributed by atoms with E-state index in [0.29, 0.717) is 26.2 Å². The Morgan fingerprint density at radius 2 is 1.47 bits per heavy atom. The first-order valence-electron chi connectivity index (χ1n) is 12.5. The van der Waals surface area contributed by atoms with Crippen LogP contribution in [-0.2, 0) is 24.8 Å². The molecule has 1 aromatic rings. The van der Waals surface area contributed by atoms with Crippen LogP contribution in [0.2, 0.25) is 0 Å². The highest BCUT2D eigenvalue weighted by Gasteiger charge is 2.35. The summed E-state index contributed by atoms with van der Waals surface area (Å²) in [5.41, 5.74) is -0.548. The zero-order valence-electron chi connectivity index (χ0n) is 21.9. The van der Waals surface area contributed by atoms with E-state index < -0.39 is 25.6 Å². The van der Waals surface area contributed by atoms with Crippen LogP contribution in [0.3, 0.4) is 0 Å². The molecule has 0 bridgehead atoms. The Kier molecular flexibility index (Phi) is 9.08. The number of nitrogens with one attached hydrogen (secondary N) is 1. The first-order chi connectivity index (χ1) is 16.7. The fraction of sp³-hybridized carbons (Fsp3) is 0.708. The van der Waals surface area contributed by atoms with Crippen molar-refractivity contribution in [3.8, 4) is 0 Å². The standard InChI is InChI=1S/C24H40N4O6S2/c1-24(2,3)34-23(29)28-17-15-27(16-18-28)22-10-8-6-7-9-21(22)25-35(30,31)19-11-13-20(14-12-19)36(32,33)26(4)5/h11-14,21-22,25H,6-10,15-18H2,1-5H3/t21-,22+/m1/s1. The van der Waals surface area contributed by atoms with Crippen LogP contribution in [0.15, 0.2) is 34.1 Å². The monoisotopic (exact) mass is 544 g/mol. The third-order valence-corrected chi connectivity index (χ3v) is 9.97. The molecule has 1 N–H and O–H groups in total. The van der Waals surface area contributed by atoms with Crippen LogP contribution in [0.5, 0.6) is 0 Å². The zero-order valence-corrected chi connectivity index (χ0v) is 23.6. The highest BCUT2D eigenvalue weighted by atomic mass is 32.2. The van der Waals surface area contributed by atoms with Gasteiger partial charge >= 0.3 is 6.09 Å². The Hall–Kier alpha value is -1.73. The van der Waals surface area contributed by atoms with Gasteiger partial charge in [0.25, 0.3) is 0 Å². The summed E-state index contributed by atoms with van der Waals surface area (Å²) in [6.07, 6.45) is 4.28. The second-order valence-electron chi connectivity index (χ2n) is 10.7. The topological polar surface area (TPSA) is 116 Å². The quantitative estimate of drug-likeness (QED) is 0.547. The summed E-state index contributed by atoms with van der Waals surface area (Å²) < 4.78 is 60.6. The lowest BCUT2D eigenvalue weighted by Crippen LogP contribution is -2.58. The van der Waals surface area contributed by atoms with Crippen molar-refractivity contribution in [2.75, 3.05) is 40.3 Å². The molecule has 36 heavy (non-hydrogen) atoms. The van der Waals surface area contributed by atoms with E-state index in [-0.39, 0.29) is 28.0 Å². The maximum Gasteiger partial charge on any atom is 0.410 e. The van der Waals surface area contributed by atoms with Crippen molar-refractivity contribution >= 4 is 26.1 Å². The number of amides is 1. The SMILES string of the molecule is CN(C)S(=O)(=O)c1ccc(S(=O)(=O)N[C@@H]2CCCCC[C@@H]2N2CCN(C(=O)OC(C)(C)C)CC2)cc1. The Balaban J connectivity index is 1.70. The van der Waals surface area contributed by atoms with Crippen molar-refractivity contribution < 1.29 is 26.4 Å². The molecule has 2 aliphatic rings. The molecule has 3 rings (SSSR count). The maximum atomic E-state index is 13.3.